The first-order valence-corrected chi connectivity index (χ1v) is 6.24. The summed E-state index contributed by atoms with van der Waals surface area (Å²) in [6.45, 7) is 11.3. The molecule has 0 N–H and O–H groups in total. The Kier molecular flexibility index (Phi) is 3.01. The average molecular weight is 251 g/mol. The highest BCUT2D eigenvalue weighted by Crippen LogP contribution is 2.32. The molecule has 18 heavy (non-hydrogen) atoms. The number of anilines is 1. The van der Waals surface area contributed by atoms with Crippen LogP contribution in [0, 0.1) is 0 Å². The second-order valence-electron chi connectivity index (χ2n) is 6.17. The van der Waals surface area contributed by atoms with Gasteiger partial charge in [0.05, 0.1) is 11.2 Å². The SMILES string of the molecule is CC(=O)c1ccc(N2CC(C)(C)OC(C)(C)C2)o1. The Morgan fingerprint density at radius 3 is 2.17 bits per heavy atom. The Bertz CT molecular complexity index is 443. The standard InChI is InChI=1S/C14H21NO3/c1-10(16)11-6-7-12(17-11)15-8-13(2,3)18-14(4,5)9-15/h6-7H,8-9H2,1-5H3. The summed E-state index contributed by atoms with van der Waals surface area (Å²) in [5.41, 5.74) is -0.462. The number of furan rings is 1. The number of hydrogen-bond acceptors (Lipinski definition) is 4. The summed E-state index contributed by atoms with van der Waals surface area (Å²) in [5.74, 6) is 1.10. The number of hydrogen-bond donors (Lipinski definition) is 0. The van der Waals surface area contributed by atoms with E-state index in [2.05, 4.69) is 32.6 Å². The molecule has 0 spiro atoms. The van der Waals surface area contributed by atoms with Crippen molar-refractivity contribution < 1.29 is 13.9 Å². The summed E-state index contributed by atoms with van der Waals surface area (Å²) in [7, 11) is 0. The highest BCUT2D eigenvalue weighted by atomic mass is 16.5. The van der Waals surface area contributed by atoms with Gasteiger partial charge in [-0.15, -0.1) is 0 Å². The molecular formula is C14H21NO3. The van der Waals surface area contributed by atoms with Crippen molar-refractivity contribution in [1.82, 2.24) is 0 Å². The molecule has 2 heterocycles. The predicted molar refractivity (Wildman–Crippen MR) is 70.2 cm³/mol. The zero-order valence-electron chi connectivity index (χ0n) is 11.7. The second-order valence-corrected chi connectivity index (χ2v) is 6.17. The lowest BCUT2D eigenvalue weighted by atomic mass is 9.99. The zero-order chi connectivity index (χ0) is 13.6. The minimum atomic E-state index is -0.231. The average Bonchev–Trinajstić information content (AvgIpc) is 2.60. The monoisotopic (exact) mass is 251 g/mol. The van der Waals surface area contributed by atoms with Crippen LogP contribution in [0.3, 0.4) is 0 Å². The van der Waals surface area contributed by atoms with Crippen molar-refractivity contribution in [3.05, 3.63) is 17.9 Å². The molecule has 1 aliphatic rings. The van der Waals surface area contributed by atoms with Gasteiger partial charge in [-0.25, -0.2) is 0 Å². The van der Waals surface area contributed by atoms with E-state index in [-0.39, 0.29) is 17.0 Å². The van der Waals surface area contributed by atoms with E-state index in [1.807, 2.05) is 6.07 Å². The van der Waals surface area contributed by atoms with Crippen LogP contribution in [0.5, 0.6) is 0 Å². The highest BCUT2D eigenvalue weighted by Gasteiger charge is 2.39. The predicted octanol–water partition coefficient (Wildman–Crippen LogP) is 2.88. The van der Waals surface area contributed by atoms with Crippen LogP contribution in [0.1, 0.15) is 45.2 Å². The van der Waals surface area contributed by atoms with Gasteiger partial charge in [-0.3, -0.25) is 4.79 Å². The van der Waals surface area contributed by atoms with E-state index in [0.29, 0.717) is 5.76 Å². The molecule has 0 radical (unpaired) electrons. The van der Waals surface area contributed by atoms with Crippen molar-refractivity contribution in [2.45, 2.75) is 45.8 Å². The molecular weight excluding hydrogens is 230 g/mol. The van der Waals surface area contributed by atoms with Crippen LogP contribution >= 0.6 is 0 Å². The van der Waals surface area contributed by atoms with Crippen LogP contribution in [0.25, 0.3) is 0 Å². The maximum Gasteiger partial charge on any atom is 0.196 e. The molecule has 0 atom stereocenters. The van der Waals surface area contributed by atoms with Crippen molar-refractivity contribution in [3.63, 3.8) is 0 Å². The van der Waals surface area contributed by atoms with Gasteiger partial charge in [0, 0.05) is 26.1 Å². The Balaban J connectivity index is 2.24. The van der Waals surface area contributed by atoms with Gasteiger partial charge < -0.3 is 14.1 Å². The number of ether oxygens (including phenoxy) is 1. The van der Waals surface area contributed by atoms with Gasteiger partial charge in [0.25, 0.3) is 0 Å². The fourth-order valence-electron chi connectivity index (χ4n) is 2.63. The number of ketones is 1. The molecule has 4 nitrogen and oxygen atoms in total. The summed E-state index contributed by atoms with van der Waals surface area (Å²) < 4.78 is 11.6. The van der Waals surface area contributed by atoms with E-state index in [4.69, 9.17) is 9.15 Å². The number of nitrogens with zero attached hydrogens (tertiary/aromatic N) is 1. The van der Waals surface area contributed by atoms with Gasteiger partial charge in [0.1, 0.15) is 0 Å². The number of carbonyl (C=O) groups excluding carboxylic acids is 1. The molecule has 1 aromatic rings. The van der Waals surface area contributed by atoms with Gasteiger partial charge in [-0.05, 0) is 33.8 Å². The minimum absolute atomic E-state index is 0.0481. The van der Waals surface area contributed by atoms with Crippen molar-refractivity contribution in [1.29, 1.82) is 0 Å². The largest absolute Gasteiger partial charge is 0.437 e. The Labute approximate surface area is 108 Å². The fraction of sp³-hybridized carbons (Fsp3) is 0.643. The number of Topliss-reactive ketones (excluding diaryl/α,β-unsaturated/α-hetero) is 1. The van der Waals surface area contributed by atoms with Crippen molar-refractivity contribution >= 4 is 11.7 Å². The van der Waals surface area contributed by atoms with E-state index in [1.165, 1.54) is 6.92 Å². The third kappa shape index (κ3) is 2.75. The Hall–Kier alpha value is -1.29. The molecule has 2 rings (SSSR count). The molecule has 0 aromatic carbocycles. The molecule has 1 aromatic heterocycles. The lowest BCUT2D eigenvalue weighted by Crippen LogP contribution is -2.57. The van der Waals surface area contributed by atoms with Gasteiger partial charge in [-0.2, -0.15) is 0 Å². The number of morpholine rings is 1. The first kappa shape index (κ1) is 13.1. The lowest BCUT2D eigenvalue weighted by Gasteiger charge is -2.47. The van der Waals surface area contributed by atoms with Crippen LogP contribution < -0.4 is 4.90 Å². The van der Waals surface area contributed by atoms with Crippen LogP contribution in [-0.4, -0.2) is 30.1 Å². The molecule has 100 valence electrons. The van der Waals surface area contributed by atoms with Crippen LogP contribution in [0.4, 0.5) is 5.88 Å². The van der Waals surface area contributed by atoms with Crippen LogP contribution in [0.2, 0.25) is 0 Å². The molecule has 0 amide bonds. The summed E-state index contributed by atoms with van der Waals surface area (Å²) in [5, 5.41) is 0. The van der Waals surface area contributed by atoms with Gasteiger partial charge >= 0.3 is 0 Å². The van der Waals surface area contributed by atoms with Crippen LogP contribution in [0.15, 0.2) is 16.5 Å². The van der Waals surface area contributed by atoms with E-state index in [1.54, 1.807) is 6.07 Å². The van der Waals surface area contributed by atoms with E-state index in [9.17, 15) is 4.79 Å². The van der Waals surface area contributed by atoms with E-state index >= 15 is 0 Å². The fourth-order valence-corrected chi connectivity index (χ4v) is 2.63. The first-order valence-electron chi connectivity index (χ1n) is 6.24. The highest BCUT2D eigenvalue weighted by molar-refractivity contribution is 5.91. The smallest absolute Gasteiger partial charge is 0.196 e. The molecule has 1 aliphatic heterocycles. The minimum Gasteiger partial charge on any atom is -0.437 e. The molecule has 1 fully saturated rings. The first-order chi connectivity index (χ1) is 8.19. The van der Waals surface area contributed by atoms with Gasteiger partial charge in [0.15, 0.2) is 17.4 Å². The third-order valence-electron chi connectivity index (χ3n) is 2.95. The number of carbonyl (C=O) groups is 1. The Morgan fingerprint density at radius 1 is 1.17 bits per heavy atom. The summed E-state index contributed by atoms with van der Waals surface area (Å²) in [4.78, 5) is 13.4. The topological polar surface area (TPSA) is 42.7 Å². The van der Waals surface area contributed by atoms with Gasteiger partial charge in [-0.1, -0.05) is 0 Å². The molecule has 0 aliphatic carbocycles. The van der Waals surface area contributed by atoms with E-state index < -0.39 is 0 Å². The molecule has 0 unspecified atom stereocenters. The molecule has 0 bridgehead atoms. The molecule has 0 saturated carbocycles. The van der Waals surface area contributed by atoms with E-state index in [0.717, 1.165) is 19.0 Å². The van der Waals surface area contributed by atoms with Crippen molar-refractivity contribution in [3.8, 4) is 0 Å². The number of rotatable bonds is 2. The summed E-state index contributed by atoms with van der Waals surface area (Å²) in [6.07, 6.45) is 0. The normalized spacial score (nSPS) is 21.9. The van der Waals surface area contributed by atoms with Gasteiger partial charge in [0.2, 0.25) is 0 Å². The summed E-state index contributed by atoms with van der Waals surface area (Å²) in [6, 6.07) is 3.58. The van der Waals surface area contributed by atoms with Crippen LogP contribution in [-0.2, 0) is 4.74 Å². The maximum atomic E-state index is 11.3. The quantitative estimate of drug-likeness (QED) is 0.758. The second kappa shape index (κ2) is 4.12. The van der Waals surface area contributed by atoms with Crippen molar-refractivity contribution in [2.24, 2.45) is 0 Å². The Morgan fingerprint density at radius 2 is 1.72 bits per heavy atom. The molecule has 4 heteroatoms. The summed E-state index contributed by atoms with van der Waals surface area (Å²) >= 11 is 0. The molecule has 1 saturated heterocycles. The lowest BCUT2D eigenvalue weighted by molar-refractivity contribution is -0.133. The van der Waals surface area contributed by atoms with Crippen molar-refractivity contribution in [2.75, 3.05) is 18.0 Å². The third-order valence-corrected chi connectivity index (χ3v) is 2.95. The zero-order valence-corrected chi connectivity index (χ0v) is 11.7. The maximum absolute atomic E-state index is 11.3.